The Balaban J connectivity index is 2.31. The van der Waals surface area contributed by atoms with E-state index in [-0.39, 0.29) is 11.1 Å². The molecule has 1 fully saturated rings. The highest BCUT2D eigenvalue weighted by molar-refractivity contribution is 14.1. The van der Waals surface area contributed by atoms with E-state index in [1.165, 1.54) is 17.4 Å². The van der Waals surface area contributed by atoms with Crippen molar-refractivity contribution >= 4 is 57.3 Å². The van der Waals surface area contributed by atoms with Crippen molar-refractivity contribution in [2.24, 2.45) is 0 Å². The lowest BCUT2D eigenvalue weighted by atomic mass is 9.96. The number of carboxylic acid groups (broad SMARTS) is 1. The molecule has 0 bridgehead atoms. The van der Waals surface area contributed by atoms with Gasteiger partial charge in [-0.15, -0.1) is 11.3 Å². The summed E-state index contributed by atoms with van der Waals surface area (Å²) in [6.45, 7) is 0. The van der Waals surface area contributed by atoms with Crippen molar-refractivity contribution in [1.29, 1.82) is 0 Å². The van der Waals surface area contributed by atoms with Crippen molar-refractivity contribution in [3.63, 3.8) is 0 Å². The predicted molar refractivity (Wildman–Crippen MR) is 92.7 cm³/mol. The van der Waals surface area contributed by atoms with Crippen LogP contribution in [0.3, 0.4) is 0 Å². The Hall–Kier alpha value is -2.20. The Morgan fingerprint density at radius 2 is 1.65 bits per heavy atom. The molecule has 1 aromatic carbocycles. The first kappa shape index (κ1) is 15.7. The smallest absolute Gasteiger partial charge is 0.337 e. The van der Waals surface area contributed by atoms with Crippen LogP contribution in [-0.2, 0) is 9.59 Å². The van der Waals surface area contributed by atoms with Crippen molar-refractivity contribution in [2.45, 2.75) is 0 Å². The highest BCUT2D eigenvalue weighted by atomic mass is 127. The number of hydrogen-bond acceptors (Lipinski definition) is 4. The minimum Gasteiger partial charge on any atom is -0.478 e. The fourth-order valence-corrected chi connectivity index (χ4v) is 3.57. The van der Waals surface area contributed by atoms with E-state index in [1.807, 2.05) is 12.1 Å². The van der Waals surface area contributed by atoms with Crippen LogP contribution < -0.4 is 10.9 Å². The van der Waals surface area contributed by atoms with Crippen LogP contribution >= 0.6 is 33.9 Å². The molecule has 0 unspecified atom stereocenters. The number of nitrogens with one attached hydrogen (secondary N) is 2. The van der Waals surface area contributed by atoms with Gasteiger partial charge in [-0.05, 0) is 51.7 Å². The molecule has 1 aliphatic heterocycles. The molecule has 2 aromatic rings. The highest BCUT2D eigenvalue weighted by Crippen LogP contribution is 2.34. The number of hydrogen-bond donors (Lipinski definition) is 3. The van der Waals surface area contributed by atoms with Crippen LogP contribution in [0.1, 0.15) is 20.8 Å². The third-order valence-electron chi connectivity index (χ3n) is 3.25. The minimum atomic E-state index is -1.11. The van der Waals surface area contributed by atoms with Crippen LogP contribution in [0, 0.1) is 3.57 Å². The molecule has 116 valence electrons. The van der Waals surface area contributed by atoms with Gasteiger partial charge in [0.25, 0.3) is 11.8 Å². The number of carboxylic acids is 1. The maximum atomic E-state index is 12.0. The predicted octanol–water partition coefficient (Wildman–Crippen LogP) is 2.01. The molecule has 1 aliphatic rings. The summed E-state index contributed by atoms with van der Waals surface area (Å²) >= 11 is 3.32. The van der Waals surface area contributed by atoms with Gasteiger partial charge >= 0.3 is 5.97 Å². The summed E-state index contributed by atoms with van der Waals surface area (Å²) in [5, 5.41) is 11.0. The Morgan fingerprint density at radius 3 is 2.22 bits per heavy atom. The van der Waals surface area contributed by atoms with Crippen LogP contribution in [0.15, 0.2) is 41.3 Å². The summed E-state index contributed by atoms with van der Waals surface area (Å²) in [6, 6.07) is 8.63. The molecule has 2 heterocycles. The topological polar surface area (TPSA) is 95.5 Å². The third-order valence-corrected chi connectivity index (χ3v) is 4.90. The number of amides is 2. The van der Waals surface area contributed by atoms with E-state index in [0.29, 0.717) is 16.0 Å². The number of rotatable bonds is 3. The van der Waals surface area contributed by atoms with Crippen molar-refractivity contribution in [1.82, 2.24) is 10.9 Å². The van der Waals surface area contributed by atoms with Crippen molar-refractivity contribution in [2.75, 3.05) is 0 Å². The Labute approximate surface area is 148 Å². The van der Waals surface area contributed by atoms with Crippen molar-refractivity contribution in [3.8, 4) is 0 Å². The first-order valence-corrected chi connectivity index (χ1v) is 8.37. The lowest BCUT2D eigenvalue weighted by Gasteiger charge is -2.09. The maximum absolute atomic E-state index is 12.0. The van der Waals surface area contributed by atoms with Gasteiger partial charge in [0, 0.05) is 9.14 Å². The molecule has 23 heavy (non-hydrogen) atoms. The average molecular weight is 440 g/mol. The second-order valence-electron chi connectivity index (χ2n) is 4.63. The number of carbonyl (C=O) groups excluding carboxylic acids is 2. The molecule has 1 saturated heterocycles. The van der Waals surface area contributed by atoms with Crippen LogP contribution in [0.5, 0.6) is 0 Å². The number of benzene rings is 1. The summed E-state index contributed by atoms with van der Waals surface area (Å²) < 4.78 is 0.987. The summed E-state index contributed by atoms with van der Waals surface area (Å²) in [5.41, 5.74) is 5.40. The van der Waals surface area contributed by atoms with Crippen molar-refractivity contribution < 1.29 is 19.5 Å². The monoisotopic (exact) mass is 440 g/mol. The molecule has 8 heteroatoms. The minimum absolute atomic E-state index is 0.0588. The number of carbonyl (C=O) groups is 3. The molecule has 2 amide bonds. The molecular weight excluding hydrogens is 431 g/mol. The van der Waals surface area contributed by atoms with Gasteiger partial charge in [-0.1, -0.05) is 12.1 Å². The molecule has 0 saturated carbocycles. The van der Waals surface area contributed by atoms with Crippen LogP contribution in [-0.4, -0.2) is 22.9 Å². The maximum Gasteiger partial charge on any atom is 0.337 e. The number of hydrazine groups is 1. The molecule has 0 spiro atoms. The first-order valence-electron chi connectivity index (χ1n) is 6.41. The van der Waals surface area contributed by atoms with E-state index in [2.05, 4.69) is 33.4 Å². The summed E-state index contributed by atoms with van der Waals surface area (Å²) in [6.07, 6.45) is 0. The van der Waals surface area contributed by atoms with Gasteiger partial charge in [0.1, 0.15) is 5.57 Å². The molecule has 0 radical (unpaired) electrons. The molecule has 1 aromatic heterocycles. The van der Waals surface area contributed by atoms with Gasteiger partial charge in [-0.3, -0.25) is 20.4 Å². The summed E-state index contributed by atoms with van der Waals surface area (Å²) in [5.74, 6) is -2.26. The molecule has 0 aliphatic carbocycles. The molecule has 0 atom stereocenters. The van der Waals surface area contributed by atoms with Gasteiger partial charge in [0.15, 0.2) is 0 Å². The van der Waals surface area contributed by atoms with Crippen molar-refractivity contribution in [3.05, 3.63) is 60.9 Å². The number of thiophene rings is 1. The van der Waals surface area contributed by atoms with Gasteiger partial charge in [-0.2, -0.15) is 0 Å². The molecule has 3 N–H and O–H groups in total. The Bertz CT molecular complexity index is 837. The van der Waals surface area contributed by atoms with Crippen LogP contribution in [0.2, 0.25) is 0 Å². The van der Waals surface area contributed by atoms with E-state index in [9.17, 15) is 19.5 Å². The third kappa shape index (κ3) is 2.86. The zero-order valence-electron chi connectivity index (χ0n) is 11.4. The van der Waals surface area contributed by atoms with E-state index in [0.717, 1.165) is 3.57 Å². The van der Waals surface area contributed by atoms with Gasteiger partial charge in [0.2, 0.25) is 0 Å². The van der Waals surface area contributed by atoms with Gasteiger partial charge < -0.3 is 5.11 Å². The number of halogens is 1. The second-order valence-corrected chi connectivity index (χ2v) is 6.80. The highest BCUT2D eigenvalue weighted by Gasteiger charge is 2.32. The standard InChI is InChI=1S/C15H9IN2O4S/c16-8-3-1-7(2-4-8)10(11-13(19)17-18-14(11)20)12-9(15(21)22)5-6-23-12/h1-6H,(H,17,19)(H,18,20)(H,21,22). The molecule has 3 rings (SSSR count). The fourth-order valence-electron chi connectivity index (χ4n) is 2.25. The lowest BCUT2D eigenvalue weighted by Crippen LogP contribution is -2.28. The largest absolute Gasteiger partial charge is 0.478 e. The molecule has 6 nitrogen and oxygen atoms in total. The van der Waals surface area contributed by atoms with Crippen LogP contribution in [0.4, 0.5) is 0 Å². The van der Waals surface area contributed by atoms with E-state index in [4.69, 9.17) is 0 Å². The first-order chi connectivity index (χ1) is 11.0. The van der Waals surface area contributed by atoms with Gasteiger partial charge in [-0.25, -0.2) is 4.79 Å². The van der Waals surface area contributed by atoms with Crippen LogP contribution in [0.25, 0.3) is 5.57 Å². The lowest BCUT2D eigenvalue weighted by molar-refractivity contribution is -0.117. The molecular formula is C15H9IN2O4S. The van der Waals surface area contributed by atoms with Gasteiger partial charge in [0.05, 0.1) is 10.4 Å². The quantitative estimate of drug-likeness (QED) is 0.387. The van der Waals surface area contributed by atoms with E-state index >= 15 is 0 Å². The van der Waals surface area contributed by atoms with E-state index < -0.39 is 17.8 Å². The Morgan fingerprint density at radius 1 is 1.04 bits per heavy atom. The fraction of sp³-hybridized carbons (Fsp3) is 0. The number of aromatic carboxylic acids is 1. The normalized spacial score (nSPS) is 13.7. The zero-order chi connectivity index (χ0) is 16.6. The SMILES string of the molecule is O=C1NNC(=O)C1=C(c1ccc(I)cc1)c1sccc1C(=O)O. The summed E-state index contributed by atoms with van der Waals surface area (Å²) in [7, 11) is 0. The summed E-state index contributed by atoms with van der Waals surface area (Å²) in [4.78, 5) is 35.9. The van der Waals surface area contributed by atoms with E-state index in [1.54, 1.807) is 17.5 Å². The average Bonchev–Trinajstić information content (AvgIpc) is 3.11. The second kappa shape index (κ2) is 6.13. The Kier molecular flexibility index (Phi) is 4.18. The zero-order valence-corrected chi connectivity index (χ0v) is 14.4.